The number of hydrogen-bond donors (Lipinski definition) is 1. The quantitative estimate of drug-likeness (QED) is 0.651. The Kier molecular flexibility index (Phi) is 2.82. The number of halogens is 1. The Morgan fingerprint density at radius 1 is 1.80 bits per heavy atom. The summed E-state index contributed by atoms with van der Waals surface area (Å²) in [5, 5.41) is 1.89. The van der Waals surface area contributed by atoms with Crippen LogP contribution in [0.15, 0.2) is 11.4 Å². The van der Waals surface area contributed by atoms with Crippen LogP contribution in [0, 0.1) is 3.57 Å². The predicted octanol–water partition coefficient (Wildman–Crippen LogP) is 1.49. The predicted molar refractivity (Wildman–Crippen MR) is 50.4 cm³/mol. The highest BCUT2D eigenvalue weighted by Gasteiger charge is 2.07. The van der Waals surface area contributed by atoms with Gasteiger partial charge in [-0.1, -0.05) is 0 Å². The van der Waals surface area contributed by atoms with E-state index in [0.29, 0.717) is 0 Å². The van der Waals surface area contributed by atoms with E-state index in [1.807, 2.05) is 11.4 Å². The zero-order valence-corrected chi connectivity index (χ0v) is 8.11. The van der Waals surface area contributed by atoms with Crippen LogP contribution in [-0.4, -0.2) is 12.3 Å². The molecule has 4 heteroatoms. The van der Waals surface area contributed by atoms with Crippen molar-refractivity contribution in [1.29, 1.82) is 0 Å². The third-order valence-corrected chi connectivity index (χ3v) is 3.28. The minimum absolute atomic E-state index is 0.0272. The molecular formula is C6H6INOS. The highest BCUT2D eigenvalue weighted by Crippen LogP contribution is 2.18. The van der Waals surface area contributed by atoms with Gasteiger partial charge in [0.1, 0.15) is 0 Å². The van der Waals surface area contributed by atoms with Crippen molar-refractivity contribution in [2.45, 2.75) is 0 Å². The van der Waals surface area contributed by atoms with Crippen LogP contribution in [0.25, 0.3) is 0 Å². The Morgan fingerprint density at radius 2 is 2.50 bits per heavy atom. The van der Waals surface area contributed by atoms with E-state index in [0.717, 1.165) is 8.45 Å². The van der Waals surface area contributed by atoms with Crippen LogP contribution in [-0.2, 0) is 0 Å². The van der Waals surface area contributed by atoms with Crippen LogP contribution < -0.4 is 5.73 Å². The third kappa shape index (κ3) is 1.56. The van der Waals surface area contributed by atoms with E-state index in [1.54, 1.807) is 0 Å². The minimum Gasteiger partial charge on any atom is -0.324 e. The van der Waals surface area contributed by atoms with Crippen molar-refractivity contribution in [3.05, 3.63) is 19.9 Å². The summed E-state index contributed by atoms with van der Waals surface area (Å²) in [6.07, 6.45) is 0. The zero-order valence-electron chi connectivity index (χ0n) is 5.13. The molecule has 0 bridgehead atoms. The molecule has 0 amide bonds. The van der Waals surface area contributed by atoms with Gasteiger partial charge in [-0.25, -0.2) is 0 Å². The maximum Gasteiger partial charge on any atom is 0.187 e. The Morgan fingerprint density at radius 3 is 2.90 bits per heavy atom. The fraction of sp³-hybridized carbons (Fsp3) is 0.167. The molecular weight excluding hydrogens is 261 g/mol. The first-order valence-electron chi connectivity index (χ1n) is 2.72. The topological polar surface area (TPSA) is 43.1 Å². The molecule has 0 saturated heterocycles. The first-order valence-corrected chi connectivity index (χ1v) is 4.68. The van der Waals surface area contributed by atoms with Crippen molar-refractivity contribution in [3.63, 3.8) is 0 Å². The van der Waals surface area contributed by atoms with Gasteiger partial charge in [-0.15, -0.1) is 11.3 Å². The lowest BCUT2D eigenvalue weighted by Crippen LogP contribution is -2.12. The van der Waals surface area contributed by atoms with E-state index < -0.39 is 0 Å². The van der Waals surface area contributed by atoms with Gasteiger partial charge in [0.15, 0.2) is 5.78 Å². The van der Waals surface area contributed by atoms with Gasteiger partial charge in [0, 0.05) is 3.57 Å². The number of ketones is 1. The molecule has 0 aliphatic rings. The van der Waals surface area contributed by atoms with Crippen molar-refractivity contribution in [2.24, 2.45) is 5.73 Å². The van der Waals surface area contributed by atoms with Crippen molar-refractivity contribution in [2.75, 3.05) is 6.54 Å². The SMILES string of the molecule is NCC(=O)c1sccc1I. The summed E-state index contributed by atoms with van der Waals surface area (Å²) in [5.74, 6) is 0.0272. The Hall–Kier alpha value is 0.0600. The normalized spacial score (nSPS) is 9.80. The summed E-state index contributed by atoms with van der Waals surface area (Å²) in [7, 11) is 0. The van der Waals surface area contributed by atoms with E-state index in [2.05, 4.69) is 22.6 Å². The maximum absolute atomic E-state index is 11.0. The summed E-state index contributed by atoms with van der Waals surface area (Å²) in [4.78, 5) is 11.8. The third-order valence-electron chi connectivity index (χ3n) is 1.06. The Labute approximate surface area is 76.6 Å². The average Bonchev–Trinajstić information content (AvgIpc) is 2.34. The second-order valence-electron chi connectivity index (χ2n) is 1.72. The number of thiophene rings is 1. The summed E-state index contributed by atoms with van der Waals surface area (Å²) in [6.45, 7) is 0.108. The lowest BCUT2D eigenvalue weighted by molar-refractivity contribution is 0.100. The number of Topliss-reactive ketones (excluding diaryl/α,β-unsaturated/α-hetero) is 1. The molecule has 0 unspecified atom stereocenters. The molecule has 1 aromatic rings. The molecule has 0 spiro atoms. The van der Waals surface area contributed by atoms with Gasteiger partial charge in [0.25, 0.3) is 0 Å². The second-order valence-corrected chi connectivity index (χ2v) is 3.80. The second kappa shape index (κ2) is 3.45. The highest BCUT2D eigenvalue weighted by atomic mass is 127. The summed E-state index contributed by atoms with van der Waals surface area (Å²) < 4.78 is 0.998. The summed E-state index contributed by atoms with van der Waals surface area (Å²) in [6, 6.07) is 1.91. The molecule has 10 heavy (non-hydrogen) atoms. The van der Waals surface area contributed by atoms with Gasteiger partial charge in [-0.3, -0.25) is 4.79 Å². The molecule has 0 radical (unpaired) electrons. The molecule has 0 aromatic carbocycles. The number of rotatable bonds is 2. The molecule has 1 aromatic heterocycles. The first kappa shape index (κ1) is 8.16. The molecule has 2 N–H and O–H groups in total. The van der Waals surface area contributed by atoms with Gasteiger partial charge in [-0.2, -0.15) is 0 Å². The van der Waals surface area contributed by atoms with Crippen LogP contribution in [0.2, 0.25) is 0 Å². The smallest absolute Gasteiger partial charge is 0.187 e. The molecule has 0 atom stereocenters. The van der Waals surface area contributed by atoms with E-state index in [1.165, 1.54) is 11.3 Å². The zero-order chi connectivity index (χ0) is 7.56. The Balaban J connectivity index is 2.93. The van der Waals surface area contributed by atoms with Crippen molar-refractivity contribution in [3.8, 4) is 0 Å². The highest BCUT2D eigenvalue weighted by molar-refractivity contribution is 14.1. The van der Waals surface area contributed by atoms with Gasteiger partial charge >= 0.3 is 0 Å². The van der Waals surface area contributed by atoms with E-state index in [4.69, 9.17) is 5.73 Å². The van der Waals surface area contributed by atoms with Gasteiger partial charge in [-0.05, 0) is 34.0 Å². The summed E-state index contributed by atoms with van der Waals surface area (Å²) in [5.41, 5.74) is 5.19. The number of nitrogens with two attached hydrogens (primary N) is 1. The van der Waals surface area contributed by atoms with Crippen LogP contribution in [0.1, 0.15) is 9.67 Å². The monoisotopic (exact) mass is 267 g/mol. The van der Waals surface area contributed by atoms with Crippen LogP contribution in [0.5, 0.6) is 0 Å². The summed E-state index contributed by atoms with van der Waals surface area (Å²) >= 11 is 3.57. The van der Waals surface area contributed by atoms with Crippen molar-refractivity contribution >= 4 is 39.7 Å². The van der Waals surface area contributed by atoms with Crippen LogP contribution >= 0.6 is 33.9 Å². The average molecular weight is 267 g/mol. The van der Waals surface area contributed by atoms with Crippen molar-refractivity contribution in [1.82, 2.24) is 0 Å². The van der Waals surface area contributed by atoms with Crippen LogP contribution in [0.3, 0.4) is 0 Å². The molecule has 2 nitrogen and oxygen atoms in total. The van der Waals surface area contributed by atoms with Crippen LogP contribution in [0.4, 0.5) is 0 Å². The Bertz CT molecular complexity index is 246. The number of hydrogen-bond acceptors (Lipinski definition) is 3. The fourth-order valence-corrected chi connectivity index (χ4v) is 2.43. The standard InChI is InChI=1S/C6H6INOS/c7-4-1-2-10-6(4)5(9)3-8/h1-2H,3,8H2. The molecule has 1 heterocycles. The molecule has 0 aliphatic heterocycles. The van der Waals surface area contributed by atoms with Gasteiger partial charge in [0.2, 0.25) is 0 Å². The molecule has 0 saturated carbocycles. The fourth-order valence-electron chi connectivity index (χ4n) is 0.585. The van der Waals surface area contributed by atoms with Gasteiger partial charge in [0.05, 0.1) is 11.4 Å². The van der Waals surface area contributed by atoms with E-state index in [9.17, 15) is 4.79 Å². The molecule has 0 aliphatic carbocycles. The van der Waals surface area contributed by atoms with E-state index >= 15 is 0 Å². The van der Waals surface area contributed by atoms with Gasteiger partial charge < -0.3 is 5.73 Å². The lowest BCUT2D eigenvalue weighted by atomic mass is 10.3. The van der Waals surface area contributed by atoms with E-state index in [-0.39, 0.29) is 12.3 Å². The lowest BCUT2D eigenvalue weighted by Gasteiger charge is -1.91. The maximum atomic E-state index is 11.0. The molecule has 0 fully saturated rings. The van der Waals surface area contributed by atoms with Crippen molar-refractivity contribution < 1.29 is 4.79 Å². The molecule has 1 rings (SSSR count). The largest absolute Gasteiger partial charge is 0.324 e. The minimum atomic E-state index is 0.0272. The molecule has 54 valence electrons. The number of carbonyl (C=O) groups excluding carboxylic acids is 1. The number of carbonyl (C=O) groups is 1. The first-order chi connectivity index (χ1) is 4.75.